The summed E-state index contributed by atoms with van der Waals surface area (Å²) in [6, 6.07) is 8.18. The van der Waals surface area contributed by atoms with Gasteiger partial charge in [0.15, 0.2) is 0 Å². The Bertz CT molecular complexity index is 1870. The van der Waals surface area contributed by atoms with Crippen LogP contribution in [0, 0.1) is 0 Å². The Hall–Kier alpha value is -5.58. The number of carbonyl (C=O) groups excluding carboxylic acids is 6. The summed E-state index contributed by atoms with van der Waals surface area (Å²) in [5.74, 6) is -6.25. The van der Waals surface area contributed by atoms with Crippen molar-refractivity contribution in [2.45, 2.75) is 82.6 Å². The van der Waals surface area contributed by atoms with Crippen molar-refractivity contribution in [3.63, 3.8) is 0 Å². The number of H-pyrrole nitrogens is 1. The first-order valence-electron chi connectivity index (χ1n) is 18.1. The predicted octanol–water partition coefficient (Wildman–Crippen LogP) is 1.52. The number of aromatic amines is 1. The summed E-state index contributed by atoms with van der Waals surface area (Å²) in [6.07, 6.45) is -0.804. The molecule has 6 amide bonds. The van der Waals surface area contributed by atoms with Gasteiger partial charge in [0.2, 0.25) is 29.5 Å². The van der Waals surface area contributed by atoms with E-state index in [2.05, 4.69) is 31.6 Å². The number of hydrogen-bond donors (Lipinski definition) is 8. The fourth-order valence-electron chi connectivity index (χ4n) is 5.07. The lowest BCUT2D eigenvalue weighted by molar-refractivity contribution is -0.141. The minimum atomic E-state index is -2.77. The first kappa shape index (κ1) is 39.6. The van der Waals surface area contributed by atoms with E-state index in [9.17, 15) is 40.0 Å². The number of nitrogens with two attached hydrogens (primary N) is 1. The second-order valence-electron chi connectivity index (χ2n) is 13.2. The number of carbonyl (C=O) groups is 7. The van der Waals surface area contributed by atoms with Crippen LogP contribution in [0.25, 0.3) is 10.9 Å². The highest BCUT2D eigenvalue weighted by Crippen LogP contribution is 2.19. The predicted molar refractivity (Wildman–Crippen MR) is 203 cm³/mol. The minimum absolute atomic E-state index is 0.0128. The number of nitrogens with one attached hydrogen (secondary N) is 6. The van der Waals surface area contributed by atoms with E-state index in [1.807, 2.05) is 0 Å². The van der Waals surface area contributed by atoms with Crippen LogP contribution in [0.2, 0.25) is 0 Å². The second-order valence-corrected chi connectivity index (χ2v) is 14.2. The number of thioether (sulfide) groups is 1. The Balaban J connectivity index is 1.88. The standard InChI is InChI=1S/C37H49N7O9S/c1-37(2,3)53-36(52)39-16-14-30(45)41-28(19-23-21-40-25-13-9-8-12-24(23)25)34(50)42-26(15-17-54-4)33(49)44-29(20-31(46)47)35(51)43-27(32(38)48)18-22-10-6-5-7-11-22/h5-13,21,26-29,40H,14-20H2,1-4H3,(H2,38,48)(H,39,52)(H,41,45)(H,42,50)(H,43,51)(H,44,49)(H,46,47)/t26-,27-,28+,29-/m0/s1/i19D,28D/t19?,26-,27-,28+,29-. The Kier molecular flexibility index (Phi) is 15.1. The van der Waals surface area contributed by atoms with Gasteiger partial charge in [-0.3, -0.25) is 28.8 Å². The van der Waals surface area contributed by atoms with Crippen LogP contribution in [0.3, 0.4) is 0 Å². The quantitative estimate of drug-likeness (QED) is 0.0823. The van der Waals surface area contributed by atoms with Gasteiger partial charge in [-0.15, -0.1) is 0 Å². The first-order chi connectivity index (χ1) is 26.3. The lowest BCUT2D eigenvalue weighted by Gasteiger charge is -2.26. The van der Waals surface area contributed by atoms with E-state index in [1.165, 1.54) is 18.0 Å². The smallest absolute Gasteiger partial charge is 0.407 e. The average molecular weight is 770 g/mol. The molecule has 0 spiro atoms. The van der Waals surface area contributed by atoms with E-state index in [-0.39, 0.29) is 30.7 Å². The molecule has 292 valence electrons. The minimum Gasteiger partial charge on any atom is -0.481 e. The second kappa shape index (κ2) is 20.6. The topological polar surface area (TPSA) is 251 Å². The fraction of sp³-hybridized carbons (Fsp3) is 0.432. The molecule has 0 saturated heterocycles. The number of benzene rings is 2. The summed E-state index contributed by atoms with van der Waals surface area (Å²) in [5.41, 5.74) is 6.15. The molecule has 16 nitrogen and oxygen atoms in total. The molecule has 1 heterocycles. The van der Waals surface area contributed by atoms with Gasteiger partial charge in [0.1, 0.15) is 29.7 Å². The van der Waals surface area contributed by atoms with Gasteiger partial charge in [0.25, 0.3) is 0 Å². The van der Waals surface area contributed by atoms with E-state index < -0.39 is 90.6 Å². The zero-order valence-electron chi connectivity index (χ0n) is 32.5. The van der Waals surface area contributed by atoms with Gasteiger partial charge < -0.3 is 47.1 Å². The molecule has 0 radical (unpaired) electrons. The molecule has 0 aliphatic heterocycles. The monoisotopic (exact) mass is 769 g/mol. The molecule has 3 aromatic rings. The Morgan fingerprint density at radius 3 is 2.19 bits per heavy atom. The molecule has 9 N–H and O–H groups in total. The molecule has 17 heteroatoms. The molecule has 5 atom stereocenters. The van der Waals surface area contributed by atoms with Crippen molar-refractivity contribution >= 4 is 64.3 Å². The molecule has 54 heavy (non-hydrogen) atoms. The number of primary amides is 1. The number of alkyl carbamates (subject to hydrolysis) is 1. The Morgan fingerprint density at radius 1 is 0.907 bits per heavy atom. The normalized spacial score (nSPS) is 15.1. The molecule has 0 fully saturated rings. The molecule has 0 aliphatic rings. The van der Waals surface area contributed by atoms with Gasteiger partial charge >= 0.3 is 12.1 Å². The largest absolute Gasteiger partial charge is 0.481 e. The number of amides is 6. The number of ether oxygens (including phenoxy) is 1. The van der Waals surface area contributed by atoms with Crippen LogP contribution in [0.5, 0.6) is 0 Å². The van der Waals surface area contributed by atoms with Gasteiger partial charge in [-0.25, -0.2) is 4.79 Å². The lowest BCUT2D eigenvalue weighted by atomic mass is 10.0. The number of para-hydroxylation sites is 1. The van der Waals surface area contributed by atoms with Crippen molar-refractivity contribution < 1.29 is 46.1 Å². The van der Waals surface area contributed by atoms with Crippen LogP contribution in [-0.4, -0.2) is 100.0 Å². The number of carboxylic acids is 1. The average Bonchev–Trinajstić information content (AvgIpc) is 3.55. The van der Waals surface area contributed by atoms with Gasteiger partial charge in [-0.2, -0.15) is 11.8 Å². The Morgan fingerprint density at radius 2 is 1.54 bits per heavy atom. The van der Waals surface area contributed by atoms with Crippen molar-refractivity contribution in [2.24, 2.45) is 5.73 Å². The summed E-state index contributed by atoms with van der Waals surface area (Å²) in [6.45, 7) is 4.74. The summed E-state index contributed by atoms with van der Waals surface area (Å²) in [5, 5.41) is 22.0. The maximum absolute atomic E-state index is 14.1. The first-order valence-corrected chi connectivity index (χ1v) is 18.5. The number of rotatable bonds is 20. The summed E-state index contributed by atoms with van der Waals surface area (Å²) in [4.78, 5) is 93.6. The van der Waals surface area contributed by atoms with E-state index in [4.69, 9.17) is 11.8 Å². The van der Waals surface area contributed by atoms with Gasteiger partial charge in [-0.05, 0) is 56.4 Å². The molecule has 2 aromatic carbocycles. The van der Waals surface area contributed by atoms with E-state index in [0.717, 1.165) is 0 Å². The lowest BCUT2D eigenvalue weighted by Crippen LogP contribution is -2.59. The number of aliphatic carboxylic acids is 1. The Labute approximate surface area is 320 Å². The highest BCUT2D eigenvalue weighted by molar-refractivity contribution is 7.98. The van der Waals surface area contributed by atoms with Crippen molar-refractivity contribution in [1.29, 1.82) is 0 Å². The van der Waals surface area contributed by atoms with Crippen molar-refractivity contribution in [3.8, 4) is 0 Å². The van der Waals surface area contributed by atoms with Gasteiger partial charge in [0, 0.05) is 44.3 Å². The van der Waals surface area contributed by atoms with Gasteiger partial charge in [-0.1, -0.05) is 48.5 Å². The summed E-state index contributed by atoms with van der Waals surface area (Å²) < 4.78 is 23.6. The fourth-order valence-corrected chi connectivity index (χ4v) is 5.55. The molecule has 1 aromatic heterocycles. The summed E-state index contributed by atoms with van der Waals surface area (Å²) >= 11 is 1.30. The molecule has 0 saturated carbocycles. The number of fused-ring (bicyclic) bond motifs is 1. The third-order valence-electron chi connectivity index (χ3n) is 7.65. The van der Waals surface area contributed by atoms with Gasteiger partial charge in [0.05, 0.1) is 7.79 Å². The number of hydrogen-bond acceptors (Lipinski definition) is 9. The highest BCUT2D eigenvalue weighted by Gasteiger charge is 2.32. The van der Waals surface area contributed by atoms with E-state index in [0.29, 0.717) is 16.5 Å². The zero-order chi connectivity index (χ0) is 41.6. The number of carboxylic acid groups (broad SMARTS) is 1. The van der Waals surface area contributed by atoms with Crippen LogP contribution in [0.4, 0.5) is 4.79 Å². The molecule has 3 rings (SSSR count). The number of aromatic nitrogens is 1. The third-order valence-corrected chi connectivity index (χ3v) is 8.29. The molecular formula is C37H49N7O9S. The van der Waals surface area contributed by atoms with Crippen molar-refractivity contribution in [2.75, 3.05) is 18.6 Å². The highest BCUT2D eigenvalue weighted by atomic mass is 32.2. The summed E-state index contributed by atoms with van der Waals surface area (Å²) in [7, 11) is 0. The van der Waals surface area contributed by atoms with Crippen molar-refractivity contribution in [3.05, 3.63) is 71.9 Å². The van der Waals surface area contributed by atoms with E-state index >= 15 is 0 Å². The van der Waals surface area contributed by atoms with Crippen LogP contribution in [0.1, 0.15) is 53.9 Å². The van der Waals surface area contributed by atoms with Crippen LogP contribution in [0.15, 0.2) is 60.8 Å². The molecular weight excluding hydrogens is 719 g/mol. The maximum atomic E-state index is 14.1. The molecule has 0 bridgehead atoms. The molecule has 1 unspecified atom stereocenters. The van der Waals surface area contributed by atoms with Crippen LogP contribution in [-0.2, 0) is 46.3 Å². The van der Waals surface area contributed by atoms with E-state index in [1.54, 1.807) is 81.6 Å². The van der Waals surface area contributed by atoms with Crippen molar-refractivity contribution in [1.82, 2.24) is 31.6 Å². The maximum Gasteiger partial charge on any atom is 0.407 e. The van der Waals surface area contributed by atoms with Crippen LogP contribution < -0.4 is 32.3 Å². The third kappa shape index (κ3) is 14.4. The molecule has 0 aliphatic carbocycles. The SMILES string of the molecule is [2H]C(c1c[nH]c2ccccc12)[C@@]([2H])(NC(=O)CCNC(=O)OC(C)(C)C)C(=O)N[C@@H](CCSC)C(=O)N[C@@H](CC(=O)O)C(=O)N[C@@H](Cc1ccccc1)C(N)=O. The van der Waals surface area contributed by atoms with Crippen LogP contribution >= 0.6 is 11.8 Å². The zero-order valence-corrected chi connectivity index (χ0v) is 31.3.